The summed E-state index contributed by atoms with van der Waals surface area (Å²) in [6.07, 6.45) is 6.18. The van der Waals surface area contributed by atoms with Crippen molar-refractivity contribution >= 4 is 39.1 Å². The molecule has 3 aromatic heterocycles. The molecule has 1 aliphatic carbocycles. The van der Waals surface area contributed by atoms with Gasteiger partial charge in [-0.1, -0.05) is 33.1 Å². The van der Waals surface area contributed by atoms with E-state index in [0.717, 1.165) is 34.3 Å². The van der Waals surface area contributed by atoms with Crippen LogP contribution in [0.25, 0.3) is 10.2 Å². The van der Waals surface area contributed by atoms with E-state index in [1.54, 1.807) is 17.4 Å². The SMILES string of the molecule is CCC1CCC(C)CC(Nc2nc(Nc3cc(CO)[nH]n3)c3sc(C)cc3n2)C1. The second-order valence-electron chi connectivity index (χ2n) is 8.30. The molecule has 29 heavy (non-hydrogen) atoms. The molecule has 0 amide bonds. The lowest BCUT2D eigenvalue weighted by atomic mass is 9.95. The number of rotatable bonds is 6. The normalized spacial score (nSPS) is 22.6. The largest absolute Gasteiger partial charge is 0.390 e. The first kappa shape index (κ1) is 20.1. The Balaban J connectivity index is 1.62. The number of anilines is 3. The summed E-state index contributed by atoms with van der Waals surface area (Å²) in [7, 11) is 0. The maximum Gasteiger partial charge on any atom is 0.225 e. The zero-order chi connectivity index (χ0) is 20.4. The molecule has 3 unspecified atom stereocenters. The van der Waals surface area contributed by atoms with Gasteiger partial charge in [0.2, 0.25) is 5.95 Å². The number of aliphatic hydroxyl groups excluding tert-OH is 1. The number of thiophene rings is 1. The van der Waals surface area contributed by atoms with Gasteiger partial charge in [-0.25, -0.2) is 4.98 Å². The molecule has 3 atom stereocenters. The van der Waals surface area contributed by atoms with E-state index in [1.807, 2.05) is 0 Å². The van der Waals surface area contributed by atoms with Crippen LogP contribution < -0.4 is 10.6 Å². The van der Waals surface area contributed by atoms with E-state index in [-0.39, 0.29) is 6.61 Å². The number of aryl methyl sites for hydroxylation is 1. The molecule has 1 saturated carbocycles. The van der Waals surface area contributed by atoms with Gasteiger partial charge in [-0.2, -0.15) is 10.1 Å². The summed E-state index contributed by atoms with van der Waals surface area (Å²) in [6.45, 7) is 6.65. The van der Waals surface area contributed by atoms with E-state index in [0.29, 0.717) is 23.5 Å². The van der Waals surface area contributed by atoms with Crippen molar-refractivity contribution in [3.05, 3.63) is 22.7 Å². The van der Waals surface area contributed by atoms with Crippen LogP contribution in [-0.2, 0) is 6.61 Å². The third-order valence-corrected chi connectivity index (χ3v) is 6.87. The smallest absolute Gasteiger partial charge is 0.225 e. The first-order valence-corrected chi connectivity index (χ1v) is 11.3. The Morgan fingerprint density at radius 2 is 2.10 bits per heavy atom. The summed E-state index contributed by atoms with van der Waals surface area (Å²) in [5.74, 6) is 3.54. The van der Waals surface area contributed by atoms with Crippen molar-refractivity contribution in [3.63, 3.8) is 0 Å². The fourth-order valence-electron chi connectivity index (χ4n) is 4.24. The number of hydrogen-bond donors (Lipinski definition) is 4. The zero-order valence-electron chi connectivity index (χ0n) is 17.3. The van der Waals surface area contributed by atoms with Crippen LogP contribution in [0.5, 0.6) is 0 Å². The maximum atomic E-state index is 9.27. The van der Waals surface area contributed by atoms with Gasteiger partial charge in [0.1, 0.15) is 0 Å². The highest BCUT2D eigenvalue weighted by Gasteiger charge is 2.24. The van der Waals surface area contributed by atoms with Crippen molar-refractivity contribution in [2.24, 2.45) is 11.8 Å². The van der Waals surface area contributed by atoms with Crippen LogP contribution in [0.15, 0.2) is 12.1 Å². The molecule has 0 aliphatic heterocycles. The average molecular weight is 415 g/mol. The van der Waals surface area contributed by atoms with E-state index >= 15 is 0 Å². The third-order valence-electron chi connectivity index (χ3n) is 5.83. The molecule has 1 aliphatic rings. The van der Waals surface area contributed by atoms with Crippen LogP contribution in [0.4, 0.5) is 17.6 Å². The molecule has 0 aromatic carbocycles. The van der Waals surface area contributed by atoms with Gasteiger partial charge in [0.25, 0.3) is 0 Å². The molecule has 0 bridgehead atoms. The second-order valence-corrected chi connectivity index (χ2v) is 9.55. The van der Waals surface area contributed by atoms with Gasteiger partial charge < -0.3 is 15.7 Å². The van der Waals surface area contributed by atoms with Crippen LogP contribution in [0.2, 0.25) is 0 Å². The monoisotopic (exact) mass is 414 g/mol. The standard InChI is InChI=1S/C21H30N6OS/c1-4-14-6-5-12(2)7-15(9-14)22-21-23-17-8-13(3)29-19(17)20(25-21)24-18-10-16(11-28)26-27-18/h8,10,12,14-15,28H,4-7,9,11H2,1-3H3,(H3,22,23,24,25,26,27). The Hall–Kier alpha value is -2.19. The number of nitrogens with zero attached hydrogens (tertiary/aromatic N) is 3. The first-order chi connectivity index (χ1) is 14.0. The van der Waals surface area contributed by atoms with Crippen molar-refractivity contribution in [3.8, 4) is 0 Å². The number of aliphatic hydroxyl groups is 1. The average Bonchev–Trinajstić information content (AvgIpc) is 3.25. The van der Waals surface area contributed by atoms with Gasteiger partial charge in [-0.3, -0.25) is 5.10 Å². The minimum atomic E-state index is -0.0722. The molecule has 0 spiro atoms. The van der Waals surface area contributed by atoms with Gasteiger partial charge in [-0.15, -0.1) is 11.3 Å². The highest BCUT2D eigenvalue weighted by atomic mass is 32.1. The van der Waals surface area contributed by atoms with Gasteiger partial charge in [0, 0.05) is 17.0 Å². The van der Waals surface area contributed by atoms with Gasteiger partial charge in [0.05, 0.1) is 22.5 Å². The Labute approximate surface area is 175 Å². The number of H-pyrrole nitrogens is 1. The van der Waals surface area contributed by atoms with E-state index < -0.39 is 0 Å². The minimum absolute atomic E-state index is 0.0722. The number of nitrogens with one attached hydrogen (secondary N) is 3. The number of aromatic amines is 1. The molecular weight excluding hydrogens is 384 g/mol. The van der Waals surface area contributed by atoms with Crippen molar-refractivity contribution in [1.82, 2.24) is 20.2 Å². The van der Waals surface area contributed by atoms with Crippen molar-refractivity contribution in [2.75, 3.05) is 10.6 Å². The van der Waals surface area contributed by atoms with E-state index in [9.17, 15) is 5.11 Å². The quantitative estimate of drug-likeness (QED) is 0.425. The predicted octanol–water partition coefficient (Wildman–Crippen LogP) is 4.98. The molecule has 0 radical (unpaired) electrons. The molecule has 0 saturated heterocycles. The Morgan fingerprint density at radius 1 is 1.24 bits per heavy atom. The molecule has 4 N–H and O–H groups in total. The number of hydrogen-bond acceptors (Lipinski definition) is 7. The minimum Gasteiger partial charge on any atom is -0.390 e. The van der Waals surface area contributed by atoms with E-state index in [2.05, 4.69) is 47.7 Å². The molecule has 7 nitrogen and oxygen atoms in total. The number of aromatic nitrogens is 4. The van der Waals surface area contributed by atoms with Crippen molar-refractivity contribution in [2.45, 2.75) is 65.5 Å². The Bertz CT molecular complexity index is 967. The Morgan fingerprint density at radius 3 is 2.86 bits per heavy atom. The third kappa shape index (κ3) is 4.70. The lowest BCUT2D eigenvalue weighted by molar-refractivity contribution is 0.276. The highest BCUT2D eigenvalue weighted by molar-refractivity contribution is 7.19. The first-order valence-electron chi connectivity index (χ1n) is 10.5. The predicted molar refractivity (Wildman–Crippen MR) is 119 cm³/mol. The molecule has 4 rings (SSSR count). The molecule has 1 fully saturated rings. The van der Waals surface area contributed by atoms with Gasteiger partial charge >= 0.3 is 0 Å². The van der Waals surface area contributed by atoms with Gasteiger partial charge in [0.15, 0.2) is 11.6 Å². The summed E-state index contributed by atoms with van der Waals surface area (Å²) in [5, 5.41) is 23.2. The maximum absolute atomic E-state index is 9.27. The van der Waals surface area contributed by atoms with E-state index in [4.69, 9.17) is 9.97 Å². The highest BCUT2D eigenvalue weighted by Crippen LogP contribution is 2.34. The van der Waals surface area contributed by atoms with Crippen LogP contribution in [0, 0.1) is 18.8 Å². The number of fused-ring (bicyclic) bond motifs is 1. The summed E-state index contributed by atoms with van der Waals surface area (Å²) in [6, 6.07) is 4.29. The van der Waals surface area contributed by atoms with Crippen LogP contribution in [-0.4, -0.2) is 31.3 Å². The molecule has 156 valence electrons. The fraction of sp³-hybridized carbons (Fsp3) is 0.571. The Kier molecular flexibility index (Phi) is 6.01. The van der Waals surface area contributed by atoms with Crippen molar-refractivity contribution < 1.29 is 5.11 Å². The summed E-state index contributed by atoms with van der Waals surface area (Å²) < 4.78 is 1.02. The lowest BCUT2D eigenvalue weighted by Crippen LogP contribution is -2.24. The topological polar surface area (TPSA) is 98.8 Å². The second kappa shape index (κ2) is 8.67. The van der Waals surface area contributed by atoms with Gasteiger partial charge in [-0.05, 0) is 37.7 Å². The molecule has 3 aromatic rings. The van der Waals surface area contributed by atoms with Crippen LogP contribution >= 0.6 is 11.3 Å². The van der Waals surface area contributed by atoms with Crippen molar-refractivity contribution in [1.29, 1.82) is 0 Å². The summed E-state index contributed by atoms with van der Waals surface area (Å²) >= 11 is 1.67. The summed E-state index contributed by atoms with van der Waals surface area (Å²) in [5.41, 5.74) is 1.61. The molecule has 8 heteroatoms. The lowest BCUT2D eigenvalue weighted by Gasteiger charge is -2.21. The zero-order valence-corrected chi connectivity index (χ0v) is 18.1. The van der Waals surface area contributed by atoms with Crippen LogP contribution in [0.3, 0.4) is 0 Å². The molecular formula is C21H30N6OS. The molecule has 3 heterocycles. The fourth-order valence-corrected chi connectivity index (χ4v) is 5.13. The summed E-state index contributed by atoms with van der Waals surface area (Å²) in [4.78, 5) is 10.8. The van der Waals surface area contributed by atoms with E-state index in [1.165, 1.54) is 30.6 Å². The van der Waals surface area contributed by atoms with Crippen LogP contribution in [0.1, 0.15) is 56.5 Å².